The van der Waals surface area contributed by atoms with Gasteiger partial charge in [-0.1, -0.05) is 0 Å². The van der Waals surface area contributed by atoms with Gasteiger partial charge in [0.25, 0.3) is 0 Å². The number of aliphatic hydroxyl groups is 1. The molecular formula is C20H24N2O6. The van der Waals surface area contributed by atoms with Gasteiger partial charge >= 0.3 is 0 Å². The second-order valence-electron chi connectivity index (χ2n) is 6.52. The van der Waals surface area contributed by atoms with Gasteiger partial charge in [-0.15, -0.1) is 0 Å². The number of aromatic nitrogens is 1. The first-order chi connectivity index (χ1) is 13.5. The van der Waals surface area contributed by atoms with Gasteiger partial charge in [-0.2, -0.15) is 0 Å². The fourth-order valence-electron chi connectivity index (χ4n) is 3.37. The number of methoxy groups -OCH3 is 3. The molecule has 2 heterocycles. The summed E-state index contributed by atoms with van der Waals surface area (Å²) in [6, 6.07) is 5.14. The predicted molar refractivity (Wildman–Crippen MR) is 102 cm³/mol. The topological polar surface area (TPSA) is 90.2 Å². The Balaban J connectivity index is 1.81. The monoisotopic (exact) mass is 388 g/mol. The van der Waals surface area contributed by atoms with Crippen molar-refractivity contribution in [1.29, 1.82) is 0 Å². The Hall–Kier alpha value is -3.00. The molecule has 0 atom stereocenters. The average molecular weight is 388 g/mol. The van der Waals surface area contributed by atoms with Crippen LogP contribution >= 0.6 is 0 Å². The standard InChI is InChI=1S/C20H24N2O6/c1-26-17-6-13-4-5-21(9-14(13)7-18(17)27-2)20(25)11-22-10-19(28-3)16(24)8-15(22)12-23/h6-8,10,23H,4-5,9,11-12H2,1-3H3. The minimum Gasteiger partial charge on any atom is -0.493 e. The van der Waals surface area contributed by atoms with E-state index in [2.05, 4.69) is 0 Å². The van der Waals surface area contributed by atoms with Crippen LogP contribution in [0.3, 0.4) is 0 Å². The van der Waals surface area contributed by atoms with E-state index in [0.29, 0.717) is 36.7 Å². The number of ether oxygens (including phenoxy) is 3. The lowest BCUT2D eigenvalue weighted by molar-refractivity contribution is -0.132. The van der Waals surface area contributed by atoms with Crippen LogP contribution in [0, 0.1) is 0 Å². The van der Waals surface area contributed by atoms with Crippen LogP contribution in [0.1, 0.15) is 16.8 Å². The zero-order chi connectivity index (χ0) is 20.3. The van der Waals surface area contributed by atoms with Crippen molar-refractivity contribution in [3.8, 4) is 17.2 Å². The third-order valence-corrected chi connectivity index (χ3v) is 4.94. The van der Waals surface area contributed by atoms with E-state index >= 15 is 0 Å². The summed E-state index contributed by atoms with van der Waals surface area (Å²) < 4.78 is 17.3. The molecule has 2 aromatic rings. The fraction of sp³-hybridized carbons (Fsp3) is 0.400. The smallest absolute Gasteiger partial charge is 0.242 e. The van der Waals surface area contributed by atoms with Gasteiger partial charge in [0, 0.05) is 24.8 Å². The fourth-order valence-corrected chi connectivity index (χ4v) is 3.37. The van der Waals surface area contributed by atoms with Crippen molar-refractivity contribution in [2.24, 2.45) is 0 Å². The van der Waals surface area contributed by atoms with Gasteiger partial charge in [-0.3, -0.25) is 9.59 Å². The molecule has 150 valence electrons. The highest BCUT2D eigenvalue weighted by molar-refractivity contribution is 5.76. The summed E-state index contributed by atoms with van der Waals surface area (Å²) in [6.07, 6.45) is 2.17. The number of rotatable bonds is 6. The molecule has 0 saturated carbocycles. The van der Waals surface area contributed by atoms with Crippen molar-refractivity contribution in [1.82, 2.24) is 9.47 Å². The minimum absolute atomic E-state index is 0.00908. The Morgan fingerprint density at radius 2 is 1.68 bits per heavy atom. The number of aliphatic hydroxyl groups excluding tert-OH is 1. The average Bonchev–Trinajstić information content (AvgIpc) is 2.72. The third-order valence-electron chi connectivity index (χ3n) is 4.94. The van der Waals surface area contributed by atoms with E-state index in [1.54, 1.807) is 23.7 Å². The molecule has 8 nitrogen and oxygen atoms in total. The maximum Gasteiger partial charge on any atom is 0.242 e. The van der Waals surface area contributed by atoms with Crippen LogP contribution < -0.4 is 19.6 Å². The highest BCUT2D eigenvalue weighted by Gasteiger charge is 2.23. The Labute approximate surface area is 162 Å². The van der Waals surface area contributed by atoms with Crippen molar-refractivity contribution in [2.75, 3.05) is 27.9 Å². The zero-order valence-electron chi connectivity index (χ0n) is 16.2. The number of hydrogen-bond acceptors (Lipinski definition) is 6. The van der Waals surface area contributed by atoms with Gasteiger partial charge < -0.3 is 28.8 Å². The summed E-state index contributed by atoms with van der Waals surface area (Å²) >= 11 is 0. The second-order valence-corrected chi connectivity index (χ2v) is 6.52. The normalized spacial score (nSPS) is 13.1. The molecule has 0 bridgehead atoms. The lowest BCUT2D eigenvalue weighted by atomic mass is 9.98. The Morgan fingerprint density at radius 1 is 1.04 bits per heavy atom. The molecule has 0 spiro atoms. The lowest BCUT2D eigenvalue weighted by Gasteiger charge is -2.30. The Kier molecular flexibility index (Phi) is 5.89. The minimum atomic E-state index is -0.341. The van der Waals surface area contributed by atoms with Gasteiger partial charge in [0.05, 0.1) is 34.1 Å². The SMILES string of the molecule is COc1cc2c(cc1OC)CN(C(=O)Cn1cc(OC)c(=O)cc1CO)CC2. The van der Waals surface area contributed by atoms with E-state index in [0.717, 1.165) is 11.1 Å². The maximum atomic E-state index is 12.9. The molecule has 1 amide bonds. The number of pyridine rings is 1. The number of carbonyl (C=O) groups is 1. The quantitative estimate of drug-likeness (QED) is 0.793. The summed E-state index contributed by atoms with van der Waals surface area (Å²) in [5, 5.41) is 9.52. The summed E-state index contributed by atoms with van der Waals surface area (Å²) in [5.41, 5.74) is 2.17. The first kappa shape index (κ1) is 19.8. The number of hydrogen-bond donors (Lipinski definition) is 1. The largest absolute Gasteiger partial charge is 0.493 e. The molecule has 0 radical (unpaired) electrons. The molecule has 1 aliphatic heterocycles. The Bertz CT molecular complexity index is 937. The van der Waals surface area contributed by atoms with Crippen molar-refractivity contribution in [2.45, 2.75) is 26.1 Å². The van der Waals surface area contributed by atoms with Gasteiger partial charge in [-0.05, 0) is 29.7 Å². The van der Waals surface area contributed by atoms with Crippen LogP contribution in [0.15, 0.2) is 29.2 Å². The van der Waals surface area contributed by atoms with Crippen molar-refractivity contribution in [3.05, 3.63) is 51.4 Å². The molecule has 1 aromatic heterocycles. The summed E-state index contributed by atoms with van der Waals surface area (Å²) in [5.74, 6) is 1.32. The van der Waals surface area contributed by atoms with Gasteiger partial charge in [0.15, 0.2) is 17.2 Å². The van der Waals surface area contributed by atoms with Crippen LogP contribution in [0.4, 0.5) is 0 Å². The van der Waals surface area contributed by atoms with E-state index in [1.807, 2.05) is 12.1 Å². The molecule has 1 aliphatic rings. The number of amides is 1. The van der Waals surface area contributed by atoms with Crippen molar-refractivity contribution < 1.29 is 24.1 Å². The molecule has 0 saturated heterocycles. The number of fused-ring (bicyclic) bond motifs is 1. The van der Waals surface area contributed by atoms with E-state index in [-0.39, 0.29) is 30.2 Å². The molecule has 1 aromatic carbocycles. The highest BCUT2D eigenvalue weighted by Crippen LogP contribution is 2.33. The van der Waals surface area contributed by atoms with Crippen molar-refractivity contribution >= 4 is 5.91 Å². The number of nitrogens with zero attached hydrogens (tertiary/aromatic N) is 2. The van der Waals surface area contributed by atoms with E-state index < -0.39 is 0 Å². The van der Waals surface area contributed by atoms with Crippen LogP contribution in [-0.4, -0.2) is 48.4 Å². The molecule has 1 N–H and O–H groups in total. The maximum absolute atomic E-state index is 12.9. The number of benzene rings is 1. The number of carbonyl (C=O) groups excluding carboxylic acids is 1. The van der Waals surface area contributed by atoms with E-state index in [1.165, 1.54) is 19.4 Å². The van der Waals surface area contributed by atoms with Gasteiger partial charge in [-0.25, -0.2) is 0 Å². The second kappa shape index (κ2) is 8.35. The van der Waals surface area contributed by atoms with Crippen LogP contribution in [0.5, 0.6) is 17.2 Å². The first-order valence-corrected chi connectivity index (χ1v) is 8.90. The first-order valence-electron chi connectivity index (χ1n) is 8.90. The molecule has 0 fully saturated rings. The van der Waals surface area contributed by atoms with E-state index in [9.17, 15) is 14.7 Å². The lowest BCUT2D eigenvalue weighted by Crippen LogP contribution is -2.38. The van der Waals surface area contributed by atoms with Crippen molar-refractivity contribution in [3.63, 3.8) is 0 Å². The summed E-state index contributed by atoms with van der Waals surface area (Å²) in [4.78, 5) is 26.5. The van der Waals surface area contributed by atoms with Crippen LogP contribution in [0.25, 0.3) is 0 Å². The van der Waals surface area contributed by atoms with Gasteiger partial charge in [0.1, 0.15) is 6.54 Å². The Morgan fingerprint density at radius 3 is 2.29 bits per heavy atom. The molecule has 0 unspecified atom stereocenters. The summed E-state index contributed by atoms with van der Waals surface area (Å²) in [7, 11) is 4.57. The van der Waals surface area contributed by atoms with E-state index in [4.69, 9.17) is 14.2 Å². The highest BCUT2D eigenvalue weighted by atomic mass is 16.5. The van der Waals surface area contributed by atoms with Crippen LogP contribution in [-0.2, 0) is 30.9 Å². The summed E-state index contributed by atoms with van der Waals surface area (Å²) in [6.45, 7) is 0.703. The zero-order valence-corrected chi connectivity index (χ0v) is 16.2. The predicted octanol–water partition coefficient (Wildman–Crippen LogP) is 0.951. The third kappa shape index (κ3) is 3.82. The molecule has 3 rings (SSSR count). The molecule has 0 aliphatic carbocycles. The van der Waals surface area contributed by atoms with Gasteiger partial charge in [0.2, 0.25) is 11.3 Å². The molecule has 28 heavy (non-hydrogen) atoms. The molecule has 8 heteroatoms. The van der Waals surface area contributed by atoms with Crippen LogP contribution in [0.2, 0.25) is 0 Å². The molecular weight excluding hydrogens is 364 g/mol.